The van der Waals surface area contributed by atoms with Gasteiger partial charge in [0.1, 0.15) is 0 Å². The van der Waals surface area contributed by atoms with Gasteiger partial charge >= 0.3 is 0 Å². The molecule has 2 aromatic heterocycles. The van der Waals surface area contributed by atoms with Gasteiger partial charge in [0.25, 0.3) is 0 Å². The van der Waals surface area contributed by atoms with Crippen LogP contribution in [0.2, 0.25) is 0 Å². The standard InChI is InChI=1S/C23H28F2N6/c1-22(2)9-16(10-23(3,4)30-22)31(5)19-8-14(11-28-29-19)17-6-7-18(21(25)20(17)24)15-12-26-27-13-15/h6-8,11-13,16,30H,9-10H2,1-5H3,(H,26,27). The molecule has 3 heterocycles. The third kappa shape index (κ3) is 4.30. The second kappa shape index (κ2) is 7.67. The van der Waals surface area contributed by atoms with E-state index < -0.39 is 11.6 Å². The second-order valence-corrected chi connectivity index (χ2v) is 9.64. The Morgan fingerprint density at radius 2 is 1.58 bits per heavy atom. The lowest BCUT2D eigenvalue weighted by atomic mass is 9.79. The predicted molar refractivity (Wildman–Crippen MR) is 118 cm³/mol. The maximum atomic E-state index is 15.0. The maximum Gasteiger partial charge on any atom is 0.167 e. The summed E-state index contributed by atoms with van der Waals surface area (Å²) in [4.78, 5) is 2.09. The first-order valence-electron chi connectivity index (χ1n) is 10.4. The Labute approximate surface area is 181 Å². The third-order valence-corrected chi connectivity index (χ3v) is 5.92. The summed E-state index contributed by atoms with van der Waals surface area (Å²) in [6.45, 7) is 8.76. The third-order valence-electron chi connectivity index (χ3n) is 5.92. The lowest BCUT2D eigenvalue weighted by molar-refractivity contribution is 0.160. The molecular weight excluding hydrogens is 398 g/mol. The molecule has 3 aromatic rings. The minimum atomic E-state index is -0.913. The molecule has 0 saturated carbocycles. The Kier molecular flexibility index (Phi) is 5.29. The molecule has 0 unspecified atom stereocenters. The molecule has 1 saturated heterocycles. The minimum absolute atomic E-state index is 0.0239. The first-order chi connectivity index (χ1) is 14.6. The lowest BCUT2D eigenvalue weighted by Crippen LogP contribution is -2.62. The van der Waals surface area contributed by atoms with E-state index in [2.05, 4.69) is 58.3 Å². The van der Waals surface area contributed by atoms with Crippen molar-refractivity contribution < 1.29 is 8.78 Å². The summed E-state index contributed by atoms with van der Waals surface area (Å²) in [5, 5.41) is 18.4. The number of anilines is 1. The van der Waals surface area contributed by atoms with E-state index in [-0.39, 0.29) is 28.2 Å². The number of aromatic nitrogens is 4. The van der Waals surface area contributed by atoms with Crippen molar-refractivity contribution in [3.05, 3.63) is 48.4 Å². The average Bonchev–Trinajstić information content (AvgIpc) is 3.21. The van der Waals surface area contributed by atoms with Crippen LogP contribution >= 0.6 is 0 Å². The van der Waals surface area contributed by atoms with E-state index >= 15 is 0 Å². The first-order valence-corrected chi connectivity index (χ1v) is 10.4. The van der Waals surface area contributed by atoms with Gasteiger partial charge in [0.2, 0.25) is 0 Å². The van der Waals surface area contributed by atoms with Crippen molar-refractivity contribution in [1.29, 1.82) is 0 Å². The summed E-state index contributed by atoms with van der Waals surface area (Å²) < 4.78 is 29.7. The van der Waals surface area contributed by atoms with Crippen LogP contribution in [0.3, 0.4) is 0 Å². The predicted octanol–water partition coefficient (Wildman–Crippen LogP) is 4.56. The molecule has 1 aliphatic rings. The van der Waals surface area contributed by atoms with Gasteiger partial charge in [-0.05, 0) is 46.6 Å². The van der Waals surface area contributed by atoms with Crippen LogP contribution in [-0.2, 0) is 0 Å². The molecule has 0 amide bonds. The van der Waals surface area contributed by atoms with Crippen LogP contribution in [0.5, 0.6) is 0 Å². The summed E-state index contributed by atoms with van der Waals surface area (Å²) in [5.41, 5.74) is 1.24. The Balaban J connectivity index is 1.65. The molecule has 1 aliphatic heterocycles. The van der Waals surface area contributed by atoms with E-state index in [1.165, 1.54) is 18.6 Å². The number of nitrogens with one attached hydrogen (secondary N) is 2. The van der Waals surface area contributed by atoms with Gasteiger partial charge in [0.05, 0.1) is 12.4 Å². The van der Waals surface area contributed by atoms with Crippen molar-refractivity contribution in [1.82, 2.24) is 25.7 Å². The number of nitrogens with zero attached hydrogens (tertiary/aromatic N) is 4. The molecule has 8 heteroatoms. The molecule has 0 radical (unpaired) electrons. The van der Waals surface area contributed by atoms with Gasteiger partial charge in [-0.25, -0.2) is 8.78 Å². The van der Waals surface area contributed by atoms with Crippen LogP contribution in [-0.4, -0.2) is 44.6 Å². The molecule has 31 heavy (non-hydrogen) atoms. The maximum absolute atomic E-state index is 15.0. The number of hydrogen-bond acceptors (Lipinski definition) is 5. The molecule has 164 valence electrons. The van der Waals surface area contributed by atoms with Crippen molar-refractivity contribution >= 4 is 5.82 Å². The smallest absolute Gasteiger partial charge is 0.167 e. The molecule has 0 aliphatic carbocycles. The van der Waals surface area contributed by atoms with E-state index in [1.54, 1.807) is 18.2 Å². The van der Waals surface area contributed by atoms with Gasteiger partial charge < -0.3 is 10.2 Å². The lowest BCUT2D eigenvalue weighted by Gasteiger charge is -2.49. The number of hydrogen-bond donors (Lipinski definition) is 2. The van der Waals surface area contributed by atoms with Gasteiger partial charge in [-0.15, -0.1) is 5.10 Å². The monoisotopic (exact) mass is 426 g/mol. The molecule has 4 rings (SSSR count). The Morgan fingerprint density at radius 1 is 0.968 bits per heavy atom. The fourth-order valence-electron chi connectivity index (χ4n) is 4.80. The highest BCUT2D eigenvalue weighted by molar-refractivity contribution is 5.72. The highest BCUT2D eigenvalue weighted by Gasteiger charge is 2.39. The number of benzene rings is 1. The summed E-state index contributed by atoms with van der Waals surface area (Å²) in [6.07, 6.45) is 6.31. The van der Waals surface area contributed by atoms with Crippen molar-refractivity contribution in [3.8, 4) is 22.3 Å². The molecule has 1 aromatic carbocycles. The van der Waals surface area contributed by atoms with Crippen LogP contribution in [0.1, 0.15) is 40.5 Å². The molecule has 0 spiro atoms. The number of aromatic amines is 1. The van der Waals surface area contributed by atoms with Crippen molar-refractivity contribution in [3.63, 3.8) is 0 Å². The fraction of sp³-hybridized carbons (Fsp3) is 0.435. The van der Waals surface area contributed by atoms with Crippen LogP contribution in [0, 0.1) is 11.6 Å². The van der Waals surface area contributed by atoms with Gasteiger partial charge in [-0.1, -0.05) is 12.1 Å². The minimum Gasteiger partial charge on any atom is -0.355 e. The Bertz CT molecular complexity index is 1060. The largest absolute Gasteiger partial charge is 0.355 e. The van der Waals surface area contributed by atoms with Gasteiger partial charge in [-0.2, -0.15) is 10.2 Å². The van der Waals surface area contributed by atoms with Crippen molar-refractivity contribution in [2.24, 2.45) is 0 Å². The van der Waals surface area contributed by atoms with E-state index in [1.807, 2.05) is 7.05 Å². The molecule has 6 nitrogen and oxygen atoms in total. The van der Waals surface area contributed by atoms with Crippen LogP contribution < -0.4 is 10.2 Å². The summed E-state index contributed by atoms with van der Waals surface area (Å²) >= 11 is 0. The Hall–Kier alpha value is -2.87. The van der Waals surface area contributed by atoms with E-state index in [0.717, 1.165) is 12.8 Å². The zero-order valence-corrected chi connectivity index (χ0v) is 18.5. The number of piperidine rings is 1. The van der Waals surface area contributed by atoms with Crippen LogP contribution in [0.15, 0.2) is 36.8 Å². The molecular formula is C23H28F2N6. The van der Waals surface area contributed by atoms with Gasteiger partial charge in [-0.3, -0.25) is 5.10 Å². The van der Waals surface area contributed by atoms with Crippen LogP contribution in [0.4, 0.5) is 14.6 Å². The SMILES string of the molecule is CN(c1cc(-c2ccc(-c3cn[nH]c3)c(F)c2F)cnn1)C1CC(C)(C)NC(C)(C)C1. The molecule has 2 N–H and O–H groups in total. The van der Waals surface area contributed by atoms with E-state index in [9.17, 15) is 8.78 Å². The van der Waals surface area contributed by atoms with Crippen molar-refractivity contribution in [2.75, 3.05) is 11.9 Å². The highest BCUT2D eigenvalue weighted by atomic mass is 19.2. The normalized spacial score (nSPS) is 18.2. The zero-order valence-electron chi connectivity index (χ0n) is 18.5. The summed E-state index contributed by atoms with van der Waals surface area (Å²) in [5.74, 6) is -1.19. The average molecular weight is 427 g/mol. The Morgan fingerprint density at radius 3 is 2.16 bits per heavy atom. The molecule has 0 atom stereocenters. The first kappa shape index (κ1) is 21.4. The van der Waals surface area contributed by atoms with E-state index in [0.29, 0.717) is 16.9 Å². The zero-order chi connectivity index (χ0) is 22.4. The fourth-order valence-corrected chi connectivity index (χ4v) is 4.80. The van der Waals surface area contributed by atoms with Gasteiger partial charge in [0.15, 0.2) is 17.5 Å². The molecule has 1 fully saturated rings. The quantitative estimate of drug-likeness (QED) is 0.640. The highest BCUT2D eigenvalue weighted by Crippen LogP contribution is 2.35. The number of halogens is 2. The van der Waals surface area contributed by atoms with Crippen LogP contribution in [0.25, 0.3) is 22.3 Å². The van der Waals surface area contributed by atoms with E-state index in [4.69, 9.17) is 0 Å². The topological polar surface area (TPSA) is 69.7 Å². The number of rotatable bonds is 4. The second-order valence-electron chi connectivity index (χ2n) is 9.64. The van der Waals surface area contributed by atoms with Crippen molar-refractivity contribution in [2.45, 2.75) is 57.7 Å². The molecule has 0 bridgehead atoms. The van der Waals surface area contributed by atoms with Gasteiger partial charge in [0, 0.05) is 52.6 Å². The number of H-pyrrole nitrogens is 1. The summed E-state index contributed by atoms with van der Waals surface area (Å²) in [7, 11) is 1.98. The summed E-state index contributed by atoms with van der Waals surface area (Å²) in [6, 6.07) is 5.13.